The molecule has 0 aliphatic rings. The van der Waals surface area contributed by atoms with Crippen molar-refractivity contribution in [3.05, 3.63) is 60.2 Å². The van der Waals surface area contributed by atoms with Gasteiger partial charge in [-0.3, -0.25) is 0 Å². The number of rotatable bonds is 4. The Morgan fingerprint density at radius 2 is 1.96 bits per heavy atom. The Balaban J connectivity index is 1.98. The molecule has 6 nitrogen and oxygen atoms in total. The summed E-state index contributed by atoms with van der Waals surface area (Å²) < 4.78 is 39.6. The third kappa shape index (κ3) is 3.66. The molecule has 0 bridgehead atoms. The predicted octanol–water partition coefficient (Wildman–Crippen LogP) is 3.94. The second-order valence-electron chi connectivity index (χ2n) is 5.54. The van der Waals surface area contributed by atoms with Crippen LogP contribution in [0.5, 0.6) is 0 Å². The van der Waals surface area contributed by atoms with E-state index in [0.29, 0.717) is 16.9 Å². The number of nitrogens with one attached hydrogen (secondary N) is 1. The number of aryl methyl sites for hydroxylation is 1. The monoisotopic (exact) mass is 362 g/mol. The van der Waals surface area contributed by atoms with E-state index in [2.05, 4.69) is 15.3 Å². The van der Waals surface area contributed by atoms with Gasteiger partial charge in [0.05, 0.1) is 23.1 Å². The van der Waals surface area contributed by atoms with Gasteiger partial charge in [-0.05, 0) is 30.3 Å². The van der Waals surface area contributed by atoms with Crippen LogP contribution >= 0.6 is 0 Å². The number of hydrogen-bond donors (Lipinski definition) is 2. The molecule has 0 atom stereocenters. The lowest BCUT2D eigenvalue weighted by molar-refractivity contribution is -0.137. The molecule has 0 saturated carbocycles. The van der Waals surface area contributed by atoms with Crippen LogP contribution in [0.4, 0.5) is 24.7 Å². The second kappa shape index (κ2) is 6.51. The van der Waals surface area contributed by atoms with Crippen molar-refractivity contribution in [2.45, 2.75) is 6.18 Å². The first kappa shape index (κ1) is 17.5. The van der Waals surface area contributed by atoms with Gasteiger partial charge >= 0.3 is 12.1 Å². The lowest BCUT2D eigenvalue weighted by Crippen LogP contribution is -2.06. The molecule has 0 aliphatic heterocycles. The number of alkyl halides is 3. The number of aromatic carboxylic acids is 1. The molecule has 0 fully saturated rings. The van der Waals surface area contributed by atoms with Crippen LogP contribution in [0.3, 0.4) is 0 Å². The molecule has 0 spiro atoms. The van der Waals surface area contributed by atoms with Gasteiger partial charge in [0.15, 0.2) is 0 Å². The molecular weight excluding hydrogens is 349 g/mol. The predicted molar refractivity (Wildman–Crippen MR) is 88.1 cm³/mol. The van der Waals surface area contributed by atoms with Crippen LogP contribution in [-0.4, -0.2) is 25.6 Å². The number of carbonyl (C=O) groups is 1. The molecule has 134 valence electrons. The van der Waals surface area contributed by atoms with Gasteiger partial charge in [-0.15, -0.1) is 0 Å². The lowest BCUT2D eigenvalue weighted by Gasteiger charge is -2.12. The van der Waals surface area contributed by atoms with E-state index in [9.17, 15) is 23.1 Å². The zero-order valence-electron chi connectivity index (χ0n) is 13.4. The van der Waals surface area contributed by atoms with E-state index in [4.69, 9.17) is 0 Å². The van der Waals surface area contributed by atoms with E-state index in [0.717, 1.165) is 12.3 Å². The van der Waals surface area contributed by atoms with Crippen molar-refractivity contribution >= 4 is 17.5 Å². The van der Waals surface area contributed by atoms with Gasteiger partial charge in [0.1, 0.15) is 5.82 Å². The van der Waals surface area contributed by atoms with Gasteiger partial charge in [-0.25, -0.2) is 14.8 Å². The van der Waals surface area contributed by atoms with Crippen LogP contribution in [0.2, 0.25) is 0 Å². The van der Waals surface area contributed by atoms with E-state index in [-0.39, 0.29) is 11.4 Å². The topological polar surface area (TPSA) is 80.0 Å². The summed E-state index contributed by atoms with van der Waals surface area (Å²) in [4.78, 5) is 19.2. The molecule has 1 aromatic carbocycles. The molecular formula is C17H13F3N4O2. The van der Waals surface area contributed by atoms with Crippen molar-refractivity contribution < 1.29 is 23.1 Å². The summed E-state index contributed by atoms with van der Waals surface area (Å²) >= 11 is 0. The fourth-order valence-electron chi connectivity index (χ4n) is 2.32. The molecule has 0 aliphatic carbocycles. The van der Waals surface area contributed by atoms with E-state index in [1.165, 1.54) is 24.3 Å². The van der Waals surface area contributed by atoms with E-state index in [1.807, 2.05) is 0 Å². The van der Waals surface area contributed by atoms with Crippen LogP contribution < -0.4 is 5.32 Å². The largest absolute Gasteiger partial charge is 0.478 e. The van der Waals surface area contributed by atoms with Crippen molar-refractivity contribution in [1.82, 2.24) is 14.5 Å². The fourth-order valence-corrected chi connectivity index (χ4v) is 2.32. The molecule has 0 saturated heterocycles. The molecule has 3 rings (SSSR count). The van der Waals surface area contributed by atoms with Gasteiger partial charge in [-0.2, -0.15) is 13.2 Å². The summed E-state index contributed by atoms with van der Waals surface area (Å²) in [5.74, 6) is -0.903. The number of imidazole rings is 1. The first-order valence-corrected chi connectivity index (χ1v) is 7.40. The van der Waals surface area contributed by atoms with Gasteiger partial charge < -0.3 is 15.0 Å². The second-order valence-corrected chi connectivity index (χ2v) is 5.54. The number of aromatic nitrogens is 3. The van der Waals surface area contributed by atoms with Gasteiger partial charge in [0.2, 0.25) is 0 Å². The van der Waals surface area contributed by atoms with Crippen molar-refractivity contribution in [1.29, 1.82) is 0 Å². The Hall–Kier alpha value is -3.36. The molecule has 9 heteroatoms. The number of anilines is 2. The van der Waals surface area contributed by atoms with Crippen molar-refractivity contribution in [2.75, 3.05) is 5.32 Å². The van der Waals surface area contributed by atoms with Crippen LogP contribution in [0.25, 0.3) is 11.3 Å². The molecule has 26 heavy (non-hydrogen) atoms. The first-order chi connectivity index (χ1) is 12.2. The number of benzene rings is 1. The lowest BCUT2D eigenvalue weighted by atomic mass is 10.1. The van der Waals surface area contributed by atoms with Crippen LogP contribution in [0.1, 0.15) is 15.9 Å². The molecule has 0 unspecified atom stereocenters. The van der Waals surface area contributed by atoms with Gasteiger partial charge in [0, 0.05) is 30.7 Å². The summed E-state index contributed by atoms with van der Waals surface area (Å²) in [5, 5.41) is 12.1. The van der Waals surface area contributed by atoms with Crippen LogP contribution in [0.15, 0.2) is 49.1 Å². The molecule has 2 aromatic heterocycles. The highest BCUT2D eigenvalue weighted by Crippen LogP contribution is 2.32. The molecule has 0 radical (unpaired) electrons. The van der Waals surface area contributed by atoms with E-state index >= 15 is 0 Å². The third-order valence-corrected chi connectivity index (χ3v) is 3.60. The van der Waals surface area contributed by atoms with Crippen molar-refractivity contribution in [3.8, 4) is 11.3 Å². The Bertz CT molecular complexity index is 949. The maximum absolute atomic E-state index is 12.6. The number of pyridine rings is 1. The number of hydrogen-bond acceptors (Lipinski definition) is 4. The average Bonchev–Trinajstić information content (AvgIpc) is 3.01. The Labute approximate surface area is 146 Å². The quantitative estimate of drug-likeness (QED) is 0.735. The van der Waals surface area contributed by atoms with Crippen molar-refractivity contribution in [3.63, 3.8) is 0 Å². The Morgan fingerprint density at radius 1 is 1.19 bits per heavy atom. The molecule has 2 heterocycles. The summed E-state index contributed by atoms with van der Waals surface area (Å²) in [6, 6.07) is 6.47. The van der Waals surface area contributed by atoms with E-state index < -0.39 is 17.7 Å². The number of carboxylic acids is 1. The zero-order valence-corrected chi connectivity index (χ0v) is 13.4. The van der Waals surface area contributed by atoms with Gasteiger partial charge in [-0.1, -0.05) is 0 Å². The highest BCUT2D eigenvalue weighted by molar-refractivity contribution is 5.92. The standard InChI is InChI=1S/C17H13F3N4O2/c1-24-8-14(22-9-24)12-6-10(16(25)26)2-4-13(12)23-15-5-3-11(7-21-15)17(18,19)20/h2-9H,1H3,(H,21,23)(H,25,26). The summed E-state index contributed by atoms with van der Waals surface area (Å²) in [7, 11) is 1.77. The maximum Gasteiger partial charge on any atom is 0.417 e. The Kier molecular flexibility index (Phi) is 4.37. The minimum absolute atomic E-state index is 0.0663. The fraction of sp³-hybridized carbons (Fsp3) is 0.118. The summed E-state index contributed by atoms with van der Waals surface area (Å²) in [5.41, 5.74) is 0.698. The summed E-state index contributed by atoms with van der Waals surface area (Å²) in [6.07, 6.45) is -0.475. The van der Waals surface area contributed by atoms with Gasteiger partial charge in [0.25, 0.3) is 0 Å². The van der Waals surface area contributed by atoms with E-state index in [1.54, 1.807) is 24.1 Å². The molecule has 3 aromatic rings. The molecule has 0 amide bonds. The summed E-state index contributed by atoms with van der Waals surface area (Å²) in [6.45, 7) is 0. The minimum atomic E-state index is -4.46. The van der Waals surface area contributed by atoms with Crippen LogP contribution in [-0.2, 0) is 13.2 Å². The smallest absolute Gasteiger partial charge is 0.417 e. The SMILES string of the molecule is Cn1cnc(-c2cc(C(=O)O)ccc2Nc2ccc(C(F)(F)F)cn2)c1. The normalized spacial score (nSPS) is 11.4. The number of halogens is 3. The third-order valence-electron chi connectivity index (χ3n) is 3.60. The first-order valence-electron chi connectivity index (χ1n) is 7.40. The number of nitrogens with zero attached hydrogens (tertiary/aromatic N) is 3. The highest BCUT2D eigenvalue weighted by atomic mass is 19.4. The van der Waals surface area contributed by atoms with Crippen molar-refractivity contribution in [2.24, 2.45) is 7.05 Å². The number of carboxylic acid groups (broad SMARTS) is 1. The zero-order chi connectivity index (χ0) is 18.9. The average molecular weight is 362 g/mol. The Morgan fingerprint density at radius 3 is 2.50 bits per heavy atom. The minimum Gasteiger partial charge on any atom is -0.478 e. The highest BCUT2D eigenvalue weighted by Gasteiger charge is 2.30. The maximum atomic E-state index is 12.6. The molecule has 2 N–H and O–H groups in total. The van der Waals surface area contributed by atoms with Crippen LogP contribution in [0, 0.1) is 0 Å².